The van der Waals surface area contributed by atoms with Crippen LogP contribution in [0.4, 0.5) is 0 Å². The topological polar surface area (TPSA) is 178 Å². The fourth-order valence-electron chi connectivity index (χ4n) is 6.77. The Bertz CT molecular complexity index is 1030. The van der Waals surface area contributed by atoms with Crippen LogP contribution in [0.5, 0.6) is 0 Å². The molecule has 6 atom stereocenters. The van der Waals surface area contributed by atoms with Gasteiger partial charge in [-0.05, 0) is 32.1 Å². The SMILES string of the molecule is CCCC/C=C\CCCCCCCC(=O)OC(COCCCCCCCCCCCCCCCCCCC)COC1OC(CO)C(O)C(OS(=O)(=O)O)C1O. The van der Waals surface area contributed by atoms with E-state index >= 15 is 0 Å². The maximum atomic E-state index is 12.8. The van der Waals surface area contributed by atoms with Gasteiger partial charge in [0, 0.05) is 13.0 Å². The van der Waals surface area contributed by atoms with Crippen LogP contribution in [0.15, 0.2) is 12.2 Å². The molecule has 0 aromatic rings. The van der Waals surface area contributed by atoms with Gasteiger partial charge < -0.3 is 34.3 Å². The lowest BCUT2D eigenvalue weighted by Gasteiger charge is -2.41. The van der Waals surface area contributed by atoms with Gasteiger partial charge in [0.05, 0.1) is 19.8 Å². The van der Waals surface area contributed by atoms with Crippen molar-refractivity contribution in [1.29, 1.82) is 0 Å². The molecule has 0 amide bonds. The number of unbranched alkanes of at least 4 members (excludes halogenated alkanes) is 23. The lowest BCUT2D eigenvalue weighted by atomic mass is 9.99. The van der Waals surface area contributed by atoms with Crippen LogP contribution >= 0.6 is 0 Å². The molecule has 326 valence electrons. The molecule has 6 unspecified atom stereocenters. The number of ether oxygens (including phenoxy) is 4. The maximum Gasteiger partial charge on any atom is 0.397 e. The molecule has 0 bridgehead atoms. The van der Waals surface area contributed by atoms with Gasteiger partial charge in [-0.25, -0.2) is 4.18 Å². The minimum Gasteiger partial charge on any atom is -0.457 e. The Morgan fingerprint density at radius 3 is 1.69 bits per heavy atom. The molecule has 1 aliphatic heterocycles. The van der Waals surface area contributed by atoms with Crippen LogP contribution in [0, 0.1) is 0 Å². The van der Waals surface area contributed by atoms with E-state index in [1.165, 1.54) is 103 Å². The van der Waals surface area contributed by atoms with E-state index in [4.69, 9.17) is 23.5 Å². The van der Waals surface area contributed by atoms with Crippen molar-refractivity contribution in [2.24, 2.45) is 0 Å². The van der Waals surface area contributed by atoms with Gasteiger partial charge >= 0.3 is 16.4 Å². The molecular formula is C42H80O12S. The van der Waals surface area contributed by atoms with Gasteiger partial charge in [0.2, 0.25) is 0 Å². The summed E-state index contributed by atoms with van der Waals surface area (Å²) in [4.78, 5) is 12.8. The summed E-state index contributed by atoms with van der Waals surface area (Å²) in [6.45, 7) is 3.95. The second kappa shape index (κ2) is 34.8. The number of allylic oxidation sites excluding steroid dienone is 2. The molecule has 1 heterocycles. The zero-order valence-corrected chi connectivity index (χ0v) is 35.3. The third-order valence-corrected chi connectivity index (χ3v) is 10.6. The van der Waals surface area contributed by atoms with Gasteiger partial charge in [-0.2, -0.15) is 8.42 Å². The van der Waals surface area contributed by atoms with Crippen LogP contribution < -0.4 is 0 Å². The Morgan fingerprint density at radius 1 is 0.673 bits per heavy atom. The Morgan fingerprint density at radius 2 is 1.16 bits per heavy atom. The smallest absolute Gasteiger partial charge is 0.397 e. The number of carbonyl (C=O) groups excluding carboxylic acids is 1. The highest BCUT2D eigenvalue weighted by molar-refractivity contribution is 7.80. The lowest BCUT2D eigenvalue weighted by Crippen LogP contribution is -2.60. The lowest BCUT2D eigenvalue weighted by molar-refractivity contribution is -0.301. The quantitative estimate of drug-likeness (QED) is 0.0202. The summed E-state index contributed by atoms with van der Waals surface area (Å²) in [7, 11) is -5.06. The van der Waals surface area contributed by atoms with Crippen molar-refractivity contribution < 1.29 is 56.2 Å². The predicted octanol–water partition coefficient (Wildman–Crippen LogP) is 8.69. The number of aliphatic hydroxyl groups is 3. The number of rotatable bonds is 38. The number of hydrogen-bond donors (Lipinski definition) is 4. The Hall–Kier alpha value is -1.16. The van der Waals surface area contributed by atoms with Crippen LogP contribution in [-0.2, 0) is 38.3 Å². The molecule has 1 fully saturated rings. The highest BCUT2D eigenvalue weighted by atomic mass is 32.3. The first kappa shape index (κ1) is 51.9. The van der Waals surface area contributed by atoms with Crippen LogP contribution in [0.1, 0.15) is 187 Å². The van der Waals surface area contributed by atoms with E-state index in [0.29, 0.717) is 13.0 Å². The van der Waals surface area contributed by atoms with Crippen molar-refractivity contribution in [3.63, 3.8) is 0 Å². The molecule has 1 rings (SSSR count). The number of carbonyl (C=O) groups is 1. The van der Waals surface area contributed by atoms with E-state index in [0.717, 1.165) is 57.8 Å². The molecular weight excluding hydrogens is 729 g/mol. The normalized spacial score (nSPS) is 21.0. The van der Waals surface area contributed by atoms with Crippen molar-refractivity contribution in [2.45, 2.75) is 224 Å². The molecule has 0 aromatic carbocycles. The highest BCUT2D eigenvalue weighted by Crippen LogP contribution is 2.26. The van der Waals surface area contributed by atoms with E-state index in [2.05, 4.69) is 30.2 Å². The summed E-state index contributed by atoms with van der Waals surface area (Å²) in [5, 5.41) is 30.6. The maximum absolute atomic E-state index is 12.8. The third kappa shape index (κ3) is 28.8. The van der Waals surface area contributed by atoms with Crippen molar-refractivity contribution in [3.05, 3.63) is 12.2 Å². The first-order chi connectivity index (χ1) is 26.6. The molecule has 1 aliphatic rings. The summed E-state index contributed by atoms with van der Waals surface area (Å²) in [6.07, 6.45) is 26.8. The van der Waals surface area contributed by atoms with Gasteiger partial charge in [0.1, 0.15) is 30.5 Å². The number of hydrogen-bond acceptors (Lipinski definition) is 11. The number of aliphatic hydroxyl groups excluding tert-OH is 3. The van der Waals surface area contributed by atoms with Crippen molar-refractivity contribution in [2.75, 3.05) is 26.4 Å². The summed E-state index contributed by atoms with van der Waals surface area (Å²) in [5.74, 6) is -0.407. The Kier molecular flexibility index (Phi) is 32.9. The van der Waals surface area contributed by atoms with Gasteiger partial charge in [0.25, 0.3) is 0 Å². The first-order valence-corrected chi connectivity index (χ1v) is 23.3. The molecule has 0 aliphatic carbocycles. The van der Waals surface area contributed by atoms with Gasteiger partial charge in [-0.15, -0.1) is 0 Å². The molecule has 55 heavy (non-hydrogen) atoms. The fraction of sp³-hybridized carbons (Fsp3) is 0.929. The van der Waals surface area contributed by atoms with Gasteiger partial charge in [-0.3, -0.25) is 9.35 Å². The van der Waals surface area contributed by atoms with E-state index in [9.17, 15) is 28.5 Å². The van der Waals surface area contributed by atoms with Crippen molar-refractivity contribution in [3.8, 4) is 0 Å². The monoisotopic (exact) mass is 809 g/mol. The fourth-order valence-corrected chi connectivity index (χ4v) is 7.28. The third-order valence-electron chi connectivity index (χ3n) is 10.1. The summed E-state index contributed by atoms with van der Waals surface area (Å²) in [5.41, 5.74) is 0. The molecule has 4 N–H and O–H groups in total. The van der Waals surface area contributed by atoms with Gasteiger partial charge in [0.15, 0.2) is 6.29 Å². The molecule has 0 aromatic heterocycles. The molecule has 13 heteroatoms. The van der Waals surface area contributed by atoms with E-state index in [-0.39, 0.29) is 19.6 Å². The largest absolute Gasteiger partial charge is 0.457 e. The first-order valence-electron chi connectivity index (χ1n) is 21.9. The minimum atomic E-state index is -5.06. The van der Waals surface area contributed by atoms with Crippen molar-refractivity contribution in [1.82, 2.24) is 0 Å². The van der Waals surface area contributed by atoms with Gasteiger partial charge in [-0.1, -0.05) is 161 Å². The van der Waals surface area contributed by atoms with Crippen LogP contribution in [0.3, 0.4) is 0 Å². The molecule has 0 spiro atoms. The second-order valence-corrected chi connectivity index (χ2v) is 16.3. The molecule has 1 saturated heterocycles. The molecule has 12 nitrogen and oxygen atoms in total. The molecule has 0 radical (unpaired) electrons. The second-order valence-electron chi connectivity index (χ2n) is 15.3. The Labute approximate surface area is 334 Å². The van der Waals surface area contributed by atoms with Crippen LogP contribution in [0.25, 0.3) is 0 Å². The summed E-state index contributed by atoms with van der Waals surface area (Å²) >= 11 is 0. The Balaban J connectivity index is 2.41. The zero-order valence-electron chi connectivity index (χ0n) is 34.5. The average Bonchev–Trinajstić information content (AvgIpc) is 3.15. The average molecular weight is 809 g/mol. The molecule has 0 saturated carbocycles. The van der Waals surface area contributed by atoms with E-state index < -0.39 is 59.8 Å². The summed E-state index contributed by atoms with van der Waals surface area (Å²) < 4.78 is 58.9. The van der Waals surface area contributed by atoms with Crippen LogP contribution in [-0.4, -0.2) is 97.5 Å². The van der Waals surface area contributed by atoms with E-state index in [1.54, 1.807) is 0 Å². The van der Waals surface area contributed by atoms with Crippen molar-refractivity contribution >= 4 is 16.4 Å². The summed E-state index contributed by atoms with van der Waals surface area (Å²) in [6, 6.07) is 0. The van der Waals surface area contributed by atoms with E-state index in [1.807, 2.05) is 0 Å². The highest BCUT2D eigenvalue weighted by Gasteiger charge is 2.48. The standard InChI is InChI=1S/C42H80O12S/c1-3-5-7-9-11-13-15-16-17-18-19-20-22-24-26-28-30-32-50-34-36(52-38(44)31-29-27-25-23-21-14-12-10-8-6-4-2)35-51-42-40(46)41(54-55(47,48)49)39(45)37(33-43)53-42/h10,12,36-37,39-43,45-46H,3-9,11,13-35H2,1-2H3,(H,47,48,49)/b12-10-. The van der Waals surface area contributed by atoms with Crippen LogP contribution in [0.2, 0.25) is 0 Å². The predicted molar refractivity (Wildman–Crippen MR) is 216 cm³/mol. The zero-order chi connectivity index (χ0) is 40.4. The number of esters is 1. The minimum absolute atomic E-state index is 0.0379.